The van der Waals surface area contributed by atoms with Gasteiger partial charge in [0.25, 0.3) is 11.8 Å². The van der Waals surface area contributed by atoms with E-state index in [4.69, 9.17) is 0 Å². The van der Waals surface area contributed by atoms with Gasteiger partial charge in [-0.2, -0.15) is 5.10 Å². The van der Waals surface area contributed by atoms with Gasteiger partial charge in [-0.05, 0) is 68.0 Å². The van der Waals surface area contributed by atoms with E-state index in [2.05, 4.69) is 22.5 Å². The van der Waals surface area contributed by atoms with Gasteiger partial charge in [0.05, 0.1) is 17.3 Å². The number of benzene rings is 1. The van der Waals surface area contributed by atoms with Crippen LogP contribution in [0.5, 0.6) is 0 Å². The molecular formula is C26H31N5O2. The van der Waals surface area contributed by atoms with E-state index >= 15 is 0 Å². The van der Waals surface area contributed by atoms with Crippen LogP contribution in [0.4, 0.5) is 0 Å². The van der Waals surface area contributed by atoms with Crippen LogP contribution in [0.15, 0.2) is 54.9 Å². The molecule has 2 aromatic heterocycles. The molecule has 3 aromatic rings. The van der Waals surface area contributed by atoms with Gasteiger partial charge in [-0.1, -0.05) is 18.2 Å². The zero-order chi connectivity index (χ0) is 22.8. The highest BCUT2D eigenvalue weighted by Gasteiger charge is 2.26. The van der Waals surface area contributed by atoms with Gasteiger partial charge in [0.15, 0.2) is 0 Å². The summed E-state index contributed by atoms with van der Waals surface area (Å²) in [5.41, 5.74) is 3.46. The minimum atomic E-state index is 0.0131. The van der Waals surface area contributed by atoms with Gasteiger partial charge in [-0.15, -0.1) is 0 Å². The van der Waals surface area contributed by atoms with Gasteiger partial charge >= 0.3 is 0 Å². The minimum absolute atomic E-state index is 0.0131. The van der Waals surface area contributed by atoms with Crippen LogP contribution in [0.1, 0.15) is 57.9 Å². The first-order chi connectivity index (χ1) is 16.1. The van der Waals surface area contributed by atoms with Crippen molar-refractivity contribution >= 4 is 17.3 Å². The Morgan fingerprint density at radius 1 is 1.12 bits per heavy atom. The van der Waals surface area contributed by atoms with E-state index in [9.17, 15) is 9.59 Å². The molecule has 33 heavy (non-hydrogen) atoms. The zero-order valence-electron chi connectivity index (χ0n) is 19.1. The number of carbonyl (C=O) groups excluding carboxylic acids is 2. The van der Waals surface area contributed by atoms with Crippen LogP contribution in [-0.4, -0.2) is 70.5 Å². The van der Waals surface area contributed by atoms with Crippen molar-refractivity contribution in [2.24, 2.45) is 0 Å². The van der Waals surface area contributed by atoms with Gasteiger partial charge in [-0.25, -0.2) is 4.52 Å². The summed E-state index contributed by atoms with van der Waals surface area (Å²) in [7, 11) is 1.87. The molecule has 4 heterocycles. The van der Waals surface area contributed by atoms with Gasteiger partial charge in [0.1, 0.15) is 0 Å². The molecule has 1 N–H and O–H groups in total. The van der Waals surface area contributed by atoms with Crippen molar-refractivity contribution in [2.45, 2.75) is 37.6 Å². The normalized spacial score (nSPS) is 19.2. The standard InChI is InChI=1S/C26H31N5O2/c1-29(18-22-8-5-12-27-22)26(33)23-17-28-31-15-11-21(16-24(23)31)19-9-13-30(14-10-19)25(32)20-6-3-2-4-7-20/h2-4,6-7,11,15-17,19,22,27H,5,8-10,12-14,18H2,1H3/t22-/m1/s1. The number of fused-ring (bicyclic) bond motifs is 1. The number of carbonyl (C=O) groups is 2. The van der Waals surface area contributed by atoms with Crippen molar-refractivity contribution < 1.29 is 9.59 Å². The van der Waals surface area contributed by atoms with E-state index < -0.39 is 0 Å². The van der Waals surface area contributed by atoms with Gasteiger partial charge in [0.2, 0.25) is 0 Å². The van der Waals surface area contributed by atoms with E-state index in [-0.39, 0.29) is 11.8 Å². The number of rotatable bonds is 5. The van der Waals surface area contributed by atoms with Gasteiger partial charge < -0.3 is 15.1 Å². The maximum absolute atomic E-state index is 13.1. The highest BCUT2D eigenvalue weighted by atomic mass is 16.2. The molecule has 5 rings (SSSR count). The summed E-state index contributed by atoms with van der Waals surface area (Å²) in [5, 5.41) is 7.87. The molecule has 2 amide bonds. The van der Waals surface area contributed by atoms with Crippen molar-refractivity contribution in [3.8, 4) is 0 Å². The maximum atomic E-state index is 13.1. The molecule has 2 aliphatic rings. The summed E-state index contributed by atoms with van der Waals surface area (Å²) in [6.07, 6.45) is 7.74. The first-order valence-electron chi connectivity index (χ1n) is 11.9. The third-order valence-corrected chi connectivity index (χ3v) is 7.05. The number of piperidine rings is 1. The average Bonchev–Trinajstić information content (AvgIpc) is 3.53. The highest BCUT2D eigenvalue weighted by Crippen LogP contribution is 2.30. The second-order valence-corrected chi connectivity index (χ2v) is 9.26. The first kappa shape index (κ1) is 21.6. The number of likely N-dealkylation sites (N-methyl/N-ethyl adjacent to an activating group) is 1. The van der Waals surface area contributed by atoms with Gasteiger partial charge in [-0.3, -0.25) is 9.59 Å². The van der Waals surface area contributed by atoms with Crippen molar-refractivity contribution in [3.05, 3.63) is 71.5 Å². The monoisotopic (exact) mass is 445 g/mol. The third-order valence-electron chi connectivity index (χ3n) is 7.05. The summed E-state index contributed by atoms with van der Waals surface area (Å²) >= 11 is 0. The summed E-state index contributed by atoms with van der Waals surface area (Å²) in [4.78, 5) is 29.7. The van der Waals surface area contributed by atoms with E-state index in [1.54, 1.807) is 15.6 Å². The molecule has 2 saturated heterocycles. The number of nitrogens with zero attached hydrogens (tertiary/aromatic N) is 4. The Labute approximate surface area is 194 Å². The second kappa shape index (κ2) is 9.35. The van der Waals surface area contributed by atoms with Crippen molar-refractivity contribution in [3.63, 3.8) is 0 Å². The van der Waals surface area contributed by atoms with Gasteiger partial charge in [0, 0.05) is 44.5 Å². The zero-order valence-corrected chi connectivity index (χ0v) is 19.1. The summed E-state index contributed by atoms with van der Waals surface area (Å²) in [6, 6.07) is 14.1. The molecule has 7 nitrogen and oxygen atoms in total. The molecule has 0 radical (unpaired) electrons. The highest BCUT2D eigenvalue weighted by molar-refractivity contribution is 6.00. The lowest BCUT2D eigenvalue weighted by molar-refractivity contribution is 0.0712. The molecule has 0 saturated carbocycles. The van der Waals surface area contributed by atoms with E-state index in [1.165, 1.54) is 12.0 Å². The number of aromatic nitrogens is 2. The Balaban J connectivity index is 1.28. The van der Waals surface area contributed by atoms with Crippen LogP contribution in [0.2, 0.25) is 0 Å². The number of pyridine rings is 1. The quantitative estimate of drug-likeness (QED) is 0.655. The van der Waals surface area contributed by atoms with E-state index in [1.807, 2.05) is 48.5 Å². The topological polar surface area (TPSA) is 70.0 Å². The summed E-state index contributed by atoms with van der Waals surface area (Å²) < 4.78 is 1.78. The number of hydrogen-bond acceptors (Lipinski definition) is 4. The third kappa shape index (κ3) is 4.50. The number of hydrogen-bond donors (Lipinski definition) is 1. The predicted molar refractivity (Wildman–Crippen MR) is 127 cm³/mol. The fourth-order valence-electron chi connectivity index (χ4n) is 5.13. The van der Waals surface area contributed by atoms with Crippen LogP contribution in [0, 0.1) is 0 Å². The molecule has 0 bridgehead atoms. The van der Waals surface area contributed by atoms with Crippen LogP contribution >= 0.6 is 0 Å². The smallest absolute Gasteiger partial charge is 0.257 e. The Bertz CT molecular complexity index is 1130. The van der Waals surface area contributed by atoms with Crippen molar-refractivity contribution in [2.75, 3.05) is 33.2 Å². The Hall–Kier alpha value is -3.19. The largest absolute Gasteiger partial charge is 0.340 e. The van der Waals surface area contributed by atoms with Crippen LogP contribution < -0.4 is 5.32 Å². The van der Waals surface area contributed by atoms with E-state index in [0.717, 1.165) is 50.0 Å². The number of likely N-dealkylation sites (tertiary alicyclic amines) is 1. The molecule has 172 valence electrons. The predicted octanol–water partition coefficient (Wildman–Crippen LogP) is 3.18. The average molecular weight is 446 g/mol. The second-order valence-electron chi connectivity index (χ2n) is 9.26. The lowest BCUT2D eigenvalue weighted by atomic mass is 9.89. The fourth-order valence-corrected chi connectivity index (χ4v) is 5.13. The Kier molecular flexibility index (Phi) is 6.13. The number of nitrogens with one attached hydrogen (secondary N) is 1. The van der Waals surface area contributed by atoms with Crippen LogP contribution in [0.3, 0.4) is 0 Å². The molecule has 0 unspecified atom stereocenters. The van der Waals surface area contributed by atoms with Crippen LogP contribution in [-0.2, 0) is 0 Å². The summed E-state index contributed by atoms with van der Waals surface area (Å²) in [5.74, 6) is 0.486. The fraction of sp³-hybridized carbons (Fsp3) is 0.423. The Morgan fingerprint density at radius 2 is 1.91 bits per heavy atom. The molecule has 7 heteroatoms. The van der Waals surface area contributed by atoms with Crippen molar-refractivity contribution in [1.82, 2.24) is 24.7 Å². The molecule has 2 aliphatic heterocycles. The lowest BCUT2D eigenvalue weighted by Crippen LogP contribution is -2.38. The Morgan fingerprint density at radius 3 is 2.64 bits per heavy atom. The SMILES string of the molecule is CN(C[C@H]1CCCN1)C(=O)c1cnn2ccc(C3CCN(C(=O)c4ccccc4)CC3)cc12. The molecule has 1 atom stereocenters. The summed E-state index contributed by atoms with van der Waals surface area (Å²) in [6.45, 7) is 3.23. The minimum Gasteiger partial charge on any atom is -0.340 e. The lowest BCUT2D eigenvalue weighted by Gasteiger charge is -2.32. The van der Waals surface area contributed by atoms with Crippen LogP contribution in [0.25, 0.3) is 5.52 Å². The molecular weight excluding hydrogens is 414 g/mol. The maximum Gasteiger partial charge on any atom is 0.257 e. The number of amides is 2. The molecule has 2 fully saturated rings. The molecule has 0 aliphatic carbocycles. The molecule has 0 spiro atoms. The van der Waals surface area contributed by atoms with E-state index in [0.29, 0.717) is 24.1 Å². The molecule has 1 aromatic carbocycles. The van der Waals surface area contributed by atoms with Crippen molar-refractivity contribution in [1.29, 1.82) is 0 Å². The first-order valence-corrected chi connectivity index (χ1v) is 11.9.